The van der Waals surface area contributed by atoms with Gasteiger partial charge in [-0.1, -0.05) is 30.3 Å². The smallest absolute Gasteiger partial charge is 0.221 e. The molecule has 2 heterocycles. The molecule has 2 aromatic heterocycles. The lowest BCUT2D eigenvalue weighted by Gasteiger charge is -2.08. The number of aromatic nitrogens is 2. The molecule has 0 fully saturated rings. The molecule has 1 amide bonds. The van der Waals surface area contributed by atoms with E-state index in [1.807, 2.05) is 18.2 Å². The van der Waals surface area contributed by atoms with E-state index in [1.165, 1.54) is 0 Å². The largest absolute Gasteiger partial charge is 0.369 e. The molecule has 6 heteroatoms. The number of thiophene rings is 1. The van der Waals surface area contributed by atoms with E-state index >= 15 is 0 Å². The van der Waals surface area contributed by atoms with Gasteiger partial charge < -0.3 is 10.6 Å². The maximum absolute atomic E-state index is 11.3. The van der Waals surface area contributed by atoms with Crippen LogP contribution in [0.5, 0.6) is 0 Å². The summed E-state index contributed by atoms with van der Waals surface area (Å²) in [6.45, 7) is 0.538. The van der Waals surface area contributed by atoms with Crippen LogP contribution < -0.4 is 10.6 Å². The number of anilines is 1. The number of amides is 1. The molecule has 2 N–H and O–H groups in total. The lowest BCUT2D eigenvalue weighted by molar-refractivity contribution is -0.120. The second-order valence-electron chi connectivity index (χ2n) is 4.77. The molecule has 0 saturated carbocycles. The van der Waals surface area contributed by atoms with Gasteiger partial charge in [0.05, 0.1) is 5.39 Å². The third-order valence-electron chi connectivity index (χ3n) is 3.38. The number of carbonyl (C=O) groups excluding carboxylic acids is 1. The van der Waals surface area contributed by atoms with Crippen molar-refractivity contribution >= 4 is 33.3 Å². The lowest BCUT2D eigenvalue weighted by atomic mass is 10.1. The van der Waals surface area contributed by atoms with Gasteiger partial charge in [-0.25, -0.2) is 9.97 Å². The minimum Gasteiger partial charge on any atom is -0.369 e. The van der Waals surface area contributed by atoms with Gasteiger partial charge in [0.2, 0.25) is 5.91 Å². The first-order valence-electron chi connectivity index (χ1n) is 7.01. The molecule has 22 heavy (non-hydrogen) atoms. The second kappa shape index (κ2) is 6.53. The fraction of sp³-hybridized carbons (Fsp3) is 0.188. The molecule has 1 aromatic carbocycles. The van der Waals surface area contributed by atoms with E-state index in [4.69, 9.17) is 0 Å². The van der Waals surface area contributed by atoms with Crippen LogP contribution in [0, 0.1) is 0 Å². The Balaban J connectivity index is 1.93. The van der Waals surface area contributed by atoms with Gasteiger partial charge in [0.25, 0.3) is 0 Å². The Morgan fingerprint density at radius 2 is 2.05 bits per heavy atom. The predicted octanol–water partition coefficient (Wildman–Crippen LogP) is 2.91. The summed E-state index contributed by atoms with van der Waals surface area (Å²) < 4.78 is 0. The quantitative estimate of drug-likeness (QED) is 0.760. The first-order chi connectivity index (χ1) is 10.8. The SMILES string of the molecule is CNC(=O)CCNc1ncnc2scc(-c3ccccc3)c12. The zero-order valence-corrected chi connectivity index (χ0v) is 13.0. The molecule has 3 rings (SSSR count). The Kier molecular flexibility index (Phi) is 4.29. The van der Waals surface area contributed by atoms with Gasteiger partial charge in [0.1, 0.15) is 17.0 Å². The van der Waals surface area contributed by atoms with Gasteiger partial charge in [-0.05, 0) is 5.56 Å². The van der Waals surface area contributed by atoms with Gasteiger partial charge in [0, 0.05) is 31.0 Å². The molecule has 112 valence electrons. The van der Waals surface area contributed by atoms with Crippen molar-refractivity contribution in [2.75, 3.05) is 18.9 Å². The Morgan fingerprint density at radius 1 is 1.23 bits per heavy atom. The number of carbonyl (C=O) groups is 1. The van der Waals surface area contributed by atoms with E-state index in [0.29, 0.717) is 13.0 Å². The highest BCUT2D eigenvalue weighted by atomic mass is 32.1. The van der Waals surface area contributed by atoms with Crippen LogP contribution in [-0.2, 0) is 4.79 Å². The fourth-order valence-corrected chi connectivity index (χ4v) is 3.17. The van der Waals surface area contributed by atoms with Crippen molar-refractivity contribution < 1.29 is 4.79 Å². The number of nitrogens with zero attached hydrogens (tertiary/aromatic N) is 2. The van der Waals surface area contributed by atoms with E-state index in [9.17, 15) is 4.79 Å². The first kappa shape index (κ1) is 14.5. The molecule has 0 spiro atoms. The van der Waals surface area contributed by atoms with E-state index in [-0.39, 0.29) is 5.91 Å². The van der Waals surface area contributed by atoms with Crippen molar-refractivity contribution in [3.05, 3.63) is 42.0 Å². The van der Waals surface area contributed by atoms with Crippen LogP contribution in [0.15, 0.2) is 42.0 Å². The number of rotatable bonds is 5. The topological polar surface area (TPSA) is 66.9 Å². The molecule has 0 aliphatic carbocycles. The van der Waals surface area contributed by atoms with Crippen LogP contribution >= 0.6 is 11.3 Å². The molecule has 0 aliphatic rings. The third kappa shape index (κ3) is 2.92. The van der Waals surface area contributed by atoms with E-state index in [1.54, 1.807) is 24.7 Å². The zero-order chi connectivity index (χ0) is 15.4. The fourth-order valence-electron chi connectivity index (χ4n) is 2.26. The Bertz CT molecular complexity index is 785. The predicted molar refractivity (Wildman–Crippen MR) is 90.0 cm³/mol. The van der Waals surface area contributed by atoms with E-state index in [2.05, 4.69) is 38.1 Å². The molecular formula is C16H16N4OS. The van der Waals surface area contributed by atoms with Crippen molar-refractivity contribution in [3.8, 4) is 11.1 Å². The van der Waals surface area contributed by atoms with Gasteiger partial charge >= 0.3 is 0 Å². The number of hydrogen-bond acceptors (Lipinski definition) is 5. The molecule has 0 saturated heterocycles. The van der Waals surface area contributed by atoms with Crippen molar-refractivity contribution in [1.82, 2.24) is 15.3 Å². The molecule has 0 radical (unpaired) electrons. The van der Waals surface area contributed by atoms with Crippen molar-refractivity contribution in [2.24, 2.45) is 0 Å². The van der Waals surface area contributed by atoms with Gasteiger partial charge in [-0.3, -0.25) is 4.79 Å². The van der Waals surface area contributed by atoms with E-state index < -0.39 is 0 Å². The van der Waals surface area contributed by atoms with Crippen LogP contribution in [0.1, 0.15) is 6.42 Å². The maximum atomic E-state index is 11.3. The maximum Gasteiger partial charge on any atom is 0.221 e. The molecule has 0 atom stereocenters. The molecule has 0 unspecified atom stereocenters. The first-order valence-corrected chi connectivity index (χ1v) is 7.89. The van der Waals surface area contributed by atoms with Gasteiger partial charge in [-0.2, -0.15) is 0 Å². The summed E-state index contributed by atoms with van der Waals surface area (Å²) in [4.78, 5) is 20.9. The lowest BCUT2D eigenvalue weighted by Crippen LogP contribution is -2.21. The van der Waals surface area contributed by atoms with Crippen molar-refractivity contribution in [2.45, 2.75) is 6.42 Å². The summed E-state index contributed by atoms with van der Waals surface area (Å²) >= 11 is 1.60. The Labute approximate surface area is 132 Å². The number of hydrogen-bond donors (Lipinski definition) is 2. The Morgan fingerprint density at radius 3 is 2.82 bits per heavy atom. The third-order valence-corrected chi connectivity index (χ3v) is 4.26. The van der Waals surface area contributed by atoms with Crippen LogP contribution in [0.4, 0.5) is 5.82 Å². The highest BCUT2D eigenvalue weighted by Crippen LogP contribution is 2.36. The molecule has 0 aliphatic heterocycles. The molecule has 5 nitrogen and oxygen atoms in total. The molecule has 3 aromatic rings. The minimum absolute atomic E-state index is 0.00593. The monoisotopic (exact) mass is 312 g/mol. The summed E-state index contributed by atoms with van der Waals surface area (Å²) in [6, 6.07) is 10.2. The summed E-state index contributed by atoms with van der Waals surface area (Å²) in [7, 11) is 1.64. The summed E-state index contributed by atoms with van der Waals surface area (Å²) in [5.41, 5.74) is 2.25. The average Bonchev–Trinajstić information content (AvgIpc) is 3.00. The van der Waals surface area contributed by atoms with Gasteiger partial charge in [0.15, 0.2) is 0 Å². The zero-order valence-electron chi connectivity index (χ0n) is 12.2. The standard InChI is InChI=1S/C16H16N4OS/c1-17-13(21)7-8-18-15-14-12(11-5-3-2-4-6-11)9-22-16(14)20-10-19-15/h2-6,9-10H,7-8H2,1H3,(H,17,21)(H,18,19,20). The summed E-state index contributed by atoms with van der Waals surface area (Å²) in [6.07, 6.45) is 1.96. The van der Waals surface area contributed by atoms with Crippen LogP contribution in [0.3, 0.4) is 0 Å². The molecular weight excluding hydrogens is 296 g/mol. The summed E-state index contributed by atoms with van der Waals surface area (Å²) in [5, 5.41) is 8.96. The normalized spacial score (nSPS) is 10.6. The highest BCUT2D eigenvalue weighted by Gasteiger charge is 2.12. The number of nitrogens with one attached hydrogen (secondary N) is 2. The van der Waals surface area contributed by atoms with Crippen LogP contribution in [-0.4, -0.2) is 29.5 Å². The van der Waals surface area contributed by atoms with E-state index in [0.717, 1.165) is 27.2 Å². The van der Waals surface area contributed by atoms with Crippen LogP contribution in [0.2, 0.25) is 0 Å². The second-order valence-corrected chi connectivity index (χ2v) is 5.63. The molecule has 0 bridgehead atoms. The van der Waals surface area contributed by atoms with Crippen molar-refractivity contribution in [3.63, 3.8) is 0 Å². The number of fused-ring (bicyclic) bond motifs is 1. The highest BCUT2D eigenvalue weighted by molar-refractivity contribution is 7.17. The van der Waals surface area contributed by atoms with Crippen molar-refractivity contribution in [1.29, 1.82) is 0 Å². The van der Waals surface area contributed by atoms with Gasteiger partial charge in [-0.15, -0.1) is 11.3 Å². The number of benzene rings is 1. The minimum atomic E-state index is 0.00593. The Hall–Kier alpha value is -2.47. The average molecular weight is 312 g/mol. The summed E-state index contributed by atoms with van der Waals surface area (Å²) in [5.74, 6) is 0.778. The van der Waals surface area contributed by atoms with Crippen LogP contribution in [0.25, 0.3) is 21.3 Å².